The summed E-state index contributed by atoms with van der Waals surface area (Å²) in [5, 5.41) is 7.72. The first-order valence-corrected chi connectivity index (χ1v) is 7.73. The van der Waals surface area contributed by atoms with Crippen LogP contribution >= 0.6 is 11.8 Å². The van der Waals surface area contributed by atoms with Gasteiger partial charge in [0.2, 0.25) is 0 Å². The topological polar surface area (TPSA) is 28.0 Å². The zero-order valence-corrected chi connectivity index (χ0v) is 12.9. The summed E-state index contributed by atoms with van der Waals surface area (Å²) in [6.07, 6.45) is 0. The molecule has 0 spiro atoms. The summed E-state index contributed by atoms with van der Waals surface area (Å²) in [6, 6.07) is 20.8. The third-order valence-electron chi connectivity index (χ3n) is 3.37. The summed E-state index contributed by atoms with van der Waals surface area (Å²) in [7, 11) is 3.75. The van der Waals surface area contributed by atoms with Crippen molar-refractivity contribution in [2.45, 2.75) is 5.25 Å². The van der Waals surface area contributed by atoms with Gasteiger partial charge in [-0.1, -0.05) is 72.4 Å². The summed E-state index contributed by atoms with van der Waals surface area (Å²) >= 11 is 1.74. The van der Waals surface area contributed by atoms with E-state index >= 15 is 0 Å². The molecule has 0 radical (unpaired) electrons. The maximum Gasteiger partial charge on any atom is 0.180 e. The van der Waals surface area contributed by atoms with E-state index in [2.05, 4.69) is 41.4 Å². The highest BCUT2D eigenvalue weighted by Crippen LogP contribution is 2.37. The molecule has 1 aliphatic heterocycles. The zero-order valence-electron chi connectivity index (χ0n) is 12.1. The minimum absolute atomic E-state index is 0.170. The third-order valence-corrected chi connectivity index (χ3v) is 4.76. The predicted molar refractivity (Wildman–Crippen MR) is 90.9 cm³/mol. The smallest absolute Gasteiger partial charge is 0.180 e. The molecule has 0 amide bonds. The monoisotopic (exact) mass is 295 g/mol. The minimum Gasteiger partial charge on any atom is -0.264 e. The van der Waals surface area contributed by atoms with Crippen molar-refractivity contribution in [2.24, 2.45) is 10.1 Å². The molecular weight excluding hydrogens is 278 g/mol. The molecule has 2 aromatic rings. The Labute approximate surface area is 129 Å². The molecule has 21 heavy (non-hydrogen) atoms. The first-order valence-electron chi connectivity index (χ1n) is 6.85. The number of aliphatic imine (C=N–C) groups is 1. The Hall–Kier alpha value is -2.07. The maximum atomic E-state index is 4.76. The molecule has 2 aromatic carbocycles. The Kier molecular flexibility index (Phi) is 4.06. The number of rotatable bonds is 2. The number of hydrogen-bond donors (Lipinski definition) is 0. The van der Waals surface area contributed by atoms with Crippen molar-refractivity contribution in [3.8, 4) is 0 Å². The molecule has 1 aliphatic rings. The van der Waals surface area contributed by atoms with Crippen molar-refractivity contribution >= 4 is 22.6 Å². The van der Waals surface area contributed by atoms with Gasteiger partial charge < -0.3 is 0 Å². The Bertz CT molecular complexity index is 665. The fourth-order valence-corrected chi connectivity index (χ4v) is 3.46. The van der Waals surface area contributed by atoms with Crippen LogP contribution in [0.2, 0.25) is 0 Å². The van der Waals surface area contributed by atoms with Gasteiger partial charge in [0.1, 0.15) is 0 Å². The molecule has 1 heterocycles. The molecule has 0 bridgehead atoms. The van der Waals surface area contributed by atoms with Crippen LogP contribution in [0.25, 0.3) is 0 Å². The van der Waals surface area contributed by atoms with E-state index in [1.54, 1.807) is 11.8 Å². The van der Waals surface area contributed by atoms with Gasteiger partial charge in [-0.05, 0) is 11.1 Å². The quantitative estimate of drug-likeness (QED) is 0.843. The Morgan fingerprint density at radius 1 is 1.00 bits per heavy atom. The molecule has 0 fully saturated rings. The predicted octanol–water partition coefficient (Wildman–Crippen LogP) is 3.80. The van der Waals surface area contributed by atoms with E-state index in [0.29, 0.717) is 0 Å². The van der Waals surface area contributed by atoms with Crippen molar-refractivity contribution < 1.29 is 0 Å². The van der Waals surface area contributed by atoms with Crippen molar-refractivity contribution in [1.29, 1.82) is 0 Å². The van der Waals surface area contributed by atoms with Gasteiger partial charge in [-0.15, -0.1) is 0 Å². The highest BCUT2D eigenvalue weighted by atomic mass is 32.2. The van der Waals surface area contributed by atoms with E-state index in [0.717, 1.165) is 16.4 Å². The fourth-order valence-electron chi connectivity index (χ4n) is 2.36. The molecule has 0 saturated heterocycles. The van der Waals surface area contributed by atoms with Gasteiger partial charge in [0, 0.05) is 14.1 Å². The first kappa shape index (κ1) is 13.9. The Morgan fingerprint density at radius 3 is 2.24 bits per heavy atom. The second-order valence-corrected chi connectivity index (χ2v) is 5.86. The van der Waals surface area contributed by atoms with E-state index in [4.69, 9.17) is 5.10 Å². The highest BCUT2D eigenvalue weighted by molar-refractivity contribution is 8.14. The molecule has 0 saturated carbocycles. The molecule has 0 aliphatic carbocycles. The normalized spacial score (nSPS) is 20.5. The van der Waals surface area contributed by atoms with E-state index in [1.807, 2.05) is 43.4 Å². The standard InChI is InChI=1S/C17H17N3S/c1-18-17-20(2)19-15(13-9-5-3-6-10-13)16(21-17)14-11-7-4-8-12-14/h3-12,16H,1-2H3. The first-order chi connectivity index (χ1) is 10.3. The average molecular weight is 295 g/mol. The average Bonchev–Trinajstić information content (AvgIpc) is 2.56. The van der Waals surface area contributed by atoms with Crippen LogP contribution in [0, 0.1) is 0 Å². The van der Waals surface area contributed by atoms with Crippen molar-refractivity contribution in [1.82, 2.24) is 5.01 Å². The van der Waals surface area contributed by atoms with Gasteiger partial charge in [0.15, 0.2) is 5.17 Å². The fraction of sp³-hybridized carbons (Fsp3) is 0.176. The van der Waals surface area contributed by atoms with Crippen LogP contribution < -0.4 is 0 Å². The number of hydrogen-bond acceptors (Lipinski definition) is 3. The van der Waals surface area contributed by atoms with Crippen LogP contribution in [0.3, 0.4) is 0 Å². The van der Waals surface area contributed by atoms with E-state index in [9.17, 15) is 0 Å². The Balaban J connectivity index is 2.08. The Morgan fingerprint density at radius 2 is 1.62 bits per heavy atom. The lowest BCUT2D eigenvalue weighted by Gasteiger charge is -2.29. The van der Waals surface area contributed by atoms with Gasteiger partial charge in [-0.3, -0.25) is 4.99 Å². The van der Waals surface area contributed by atoms with Gasteiger partial charge in [-0.2, -0.15) is 5.10 Å². The van der Waals surface area contributed by atoms with Crippen molar-refractivity contribution in [3.63, 3.8) is 0 Å². The van der Waals surface area contributed by atoms with E-state index < -0.39 is 0 Å². The molecule has 1 unspecified atom stereocenters. The number of hydrazone groups is 1. The third kappa shape index (κ3) is 2.85. The molecule has 3 nitrogen and oxygen atoms in total. The molecule has 0 aromatic heterocycles. The summed E-state index contributed by atoms with van der Waals surface area (Å²) in [6.45, 7) is 0. The van der Waals surface area contributed by atoms with Crippen LogP contribution in [-0.2, 0) is 0 Å². The molecule has 0 N–H and O–H groups in total. The van der Waals surface area contributed by atoms with Crippen LogP contribution in [-0.4, -0.2) is 30.0 Å². The molecule has 3 rings (SSSR count). The zero-order chi connectivity index (χ0) is 14.7. The van der Waals surface area contributed by atoms with Gasteiger partial charge >= 0.3 is 0 Å². The lowest BCUT2D eigenvalue weighted by atomic mass is 10.0. The number of amidine groups is 1. The van der Waals surface area contributed by atoms with Gasteiger partial charge in [0.05, 0.1) is 11.0 Å². The molecule has 4 heteroatoms. The van der Waals surface area contributed by atoms with Crippen LogP contribution in [0.5, 0.6) is 0 Å². The highest BCUT2D eigenvalue weighted by Gasteiger charge is 2.29. The van der Waals surface area contributed by atoms with Crippen LogP contribution in [0.4, 0.5) is 0 Å². The molecule has 1 atom stereocenters. The lowest BCUT2D eigenvalue weighted by molar-refractivity contribution is 0.549. The largest absolute Gasteiger partial charge is 0.264 e. The van der Waals surface area contributed by atoms with Gasteiger partial charge in [-0.25, -0.2) is 5.01 Å². The molecule has 106 valence electrons. The summed E-state index contributed by atoms with van der Waals surface area (Å²) in [5.74, 6) is 0. The van der Waals surface area contributed by atoms with Crippen LogP contribution in [0.1, 0.15) is 16.4 Å². The summed E-state index contributed by atoms with van der Waals surface area (Å²) < 4.78 is 0. The second kappa shape index (κ2) is 6.14. The minimum atomic E-state index is 0.170. The lowest BCUT2D eigenvalue weighted by Crippen LogP contribution is -2.30. The number of thioether (sulfide) groups is 1. The summed E-state index contributed by atoms with van der Waals surface area (Å²) in [5.41, 5.74) is 3.47. The van der Waals surface area contributed by atoms with E-state index in [-0.39, 0.29) is 5.25 Å². The SMILES string of the molecule is CN=C1SC(c2ccccc2)C(c2ccccc2)=NN1C. The van der Waals surface area contributed by atoms with Crippen molar-refractivity contribution in [3.05, 3.63) is 71.8 Å². The number of benzene rings is 2. The van der Waals surface area contributed by atoms with Crippen LogP contribution in [0.15, 0.2) is 70.8 Å². The maximum absolute atomic E-state index is 4.76. The summed E-state index contributed by atoms with van der Waals surface area (Å²) in [4.78, 5) is 4.33. The van der Waals surface area contributed by atoms with Gasteiger partial charge in [0.25, 0.3) is 0 Å². The second-order valence-electron chi connectivity index (χ2n) is 4.79. The van der Waals surface area contributed by atoms with E-state index in [1.165, 1.54) is 5.56 Å². The van der Waals surface area contributed by atoms with Crippen molar-refractivity contribution in [2.75, 3.05) is 14.1 Å². The molecular formula is C17H17N3S. The number of nitrogens with zero attached hydrogens (tertiary/aromatic N) is 3.